The van der Waals surface area contributed by atoms with Gasteiger partial charge in [-0.2, -0.15) is 0 Å². The molecule has 1 amide bonds. The minimum atomic E-state index is -0.609. The predicted molar refractivity (Wildman–Crippen MR) is 92.1 cm³/mol. The van der Waals surface area contributed by atoms with E-state index in [-0.39, 0.29) is 0 Å². The molecular formula is C17H16Cl2N2O2. The number of H-pyrrole nitrogens is 1. The molecule has 0 saturated heterocycles. The summed E-state index contributed by atoms with van der Waals surface area (Å²) in [4.78, 5) is 15.1. The third kappa shape index (κ3) is 3.41. The van der Waals surface area contributed by atoms with Crippen LogP contribution >= 0.6 is 23.2 Å². The van der Waals surface area contributed by atoms with Crippen molar-refractivity contribution in [3.8, 4) is 18.2 Å². The number of fused-ring (bicyclic) bond motifs is 1. The van der Waals surface area contributed by atoms with E-state index in [9.17, 15) is 4.79 Å². The Labute approximate surface area is 144 Å². The standard InChI is InChI=1S/C17H16Cl2N2O2/c1-2-17(6-4-3-5-7-17)21-16(22)23-15-10-12-13(19)8-11(18)9-14(12)20-15/h1,8-10,20H,3-7H2,(H,21,22). The van der Waals surface area contributed by atoms with E-state index >= 15 is 0 Å². The summed E-state index contributed by atoms with van der Waals surface area (Å²) in [5.74, 6) is 3.01. The molecule has 23 heavy (non-hydrogen) atoms. The zero-order valence-corrected chi connectivity index (χ0v) is 13.9. The monoisotopic (exact) mass is 350 g/mol. The van der Waals surface area contributed by atoms with Crippen molar-refractivity contribution in [2.24, 2.45) is 0 Å². The number of carbonyl (C=O) groups is 1. The van der Waals surface area contributed by atoms with Crippen LogP contribution < -0.4 is 10.1 Å². The molecule has 4 nitrogen and oxygen atoms in total. The minimum absolute atomic E-state index is 0.296. The van der Waals surface area contributed by atoms with E-state index in [4.69, 9.17) is 34.4 Å². The number of aromatic amines is 1. The van der Waals surface area contributed by atoms with Gasteiger partial charge in [-0.25, -0.2) is 4.79 Å². The van der Waals surface area contributed by atoms with E-state index < -0.39 is 11.6 Å². The molecule has 0 aliphatic heterocycles. The molecule has 0 spiro atoms. The number of terminal acetylenes is 1. The Hall–Kier alpha value is -1.83. The van der Waals surface area contributed by atoms with Crippen molar-refractivity contribution in [1.82, 2.24) is 10.3 Å². The lowest BCUT2D eigenvalue weighted by Gasteiger charge is -2.32. The van der Waals surface area contributed by atoms with Gasteiger partial charge in [0.25, 0.3) is 0 Å². The van der Waals surface area contributed by atoms with Crippen molar-refractivity contribution in [2.45, 2.75) is 37.6 Å². The maximum atomic E-state index is 12.2. The lowest BCUT2D eigenvalue weighted by molar-refractivity contribution is 0.182. The average Bonchev–Trinajstić information content (AvgIpc) is 2.90. The van der Waals surface area contributed by atoms with Gasteiger partial charge in [0.05, 0.1) is 10.5 Å². The van der Waals surface area contributed by atoms with Gasteiger partial charge in [-0.1, -0.05) is 48.4 Å². The first-order valence-corrected chi connectivity index (χ1v) is 8.22. The van der Waals surface area contributed by atoms with Crippen LogP contribution in [0.25, 0.3) is 10.9 Å². The molecule has 3 rings (SSSR count). The van der Waals surface area contributed by atoms with Crippen molar-refractivity contribution >= 4 is 40.2 Å². The number of halogens is 2. The SMILES string of the molecule is C#CC1(NC(=O)Oc2cc3c(Cl)cc(Cl)cc3[nH]2)CCCCC1. The van der Waals surface area contributed by atoms with E-state index in [1.165, 1.54) is 0 Å². The highest BCUT2D eigenvalue weighted by molar-refractivity contribution is 6.38. The van der Waals surface area contributed by atoms with Gasteiger partial charge in [-0.05, 0) is 25.0 Å². The van der Waals surface area contributed by atoms with Gasteiger partial charge in [0, 0.05) is 16.5 Å². The van der Waals surface area contributed by atoms with Crippen LogP contribution in [-0.2, 0) is 0 Å². The topological polar surface area (TPSA) is 54.1 Å². The number of carbonyl (C=O) groups excluding carboxylic acids is 1. The second-order valence-electron chi connectivity index (χ2n) is 5.78. The van der Waals surface area contributed by atoms with Gasteiger partial charge in [0.2, 0.25) is 5.88 Å². The molecule has 0 unspecified atom stereocenters. The van der Waals surface area contributed by atoms with Crippen molar-refractivity contribution in [3.05, 3.63) is 28.2 Å². The summed E-state index contributed by atoms with van der Waals surface area (Å²) < 4.78 is 5.32. The molecular weight excluding hydrogens is 335 g/mol. The van der Waals surface area contributed by atoms with Crippen LogP contribution in [0.5, 0.6) is 5.88 Å². The smallest absolute Gasteiger partial charge is 0.393 e. The van der Waals surface area contributed by atoms with Crippen LogP contribution in [0.15, 0.2) is 18.2 Å². The maximum Gasteiger partial charge on any atom is 0.415 e. The van der Waals surface area contributed by atoms with Gasteiger partial charge in [-0.3, -0.25) is 0 Å². The third-order valence-electron chi connectivity index (χ3n) is 4.16. The van der Waals surface area contributed by atoms with Crippen molar-refractivity contribution < 1.29 is 9.53 Å². The molecule has 1 aliphatic rings. The van der Waals surface area contributed by atoms with Gasteiger partial charge in [-0.15, -0.1) is 6.42 Å². The number of amides is 1. The number of hydrogen-bond donors (Lipinski definition) is 2. The highest BCUT2D eigenvalue weighted by atomic mass is 35.5. The molecule has 0 bridgehead atoms. The summed E-state index contributed by atoms with van der Waals surface area (Å²) in [6.45, 7) is 0. The van der Waals surface area contributed by atoms with E-state index in [1.54, 1.807) is 18.2 Å². The van der Waals surface area contributed by atoms with Crippen LogP contribution in [0.2, 0.25) is 10.0 Å². The molecule has 0 atom stereocenters. The number of ether oxygens (including phenoxy) is 1. The van der Waals surface area contributed by atoms with Gasteiger partial charge in [0.1, 0.15) is 5.54 Å². The number of aromatic nitrogens is 1. The van der Waals surface area contributed by atoms with Crippen molar-refractivity contribution in [1.29, 1.82) is 0 Å². The van der Waals surface area contributed by atoms with E-state index in [1.807, 2.05) is 0 Å². The van der Waals surface area contributed by atoms with Gasteiger partial charge >= 0.3 is 6.09 Å². The average molecular weight is 351 g/mol. The number of benzene rings is 1. The normalized spacial score (nSPS) is 16.7. The molecule has 1 fully saturated rings. The predicted octanol–water partition coefficient (Wildman–Crippen LogP) is 4.90. The fourth-order valence-electron chi connectivity index (χ4n) is 2.97. The van der Waals surface area contributed by atoms with E-state index in [0.29, 0.717) is 21.4 Å². The fourth-order valence-corrected chi connectivity index (χ4v) is 3.52. The summed E-state index contributed by atoms with van der Waals surface area (Å²) >= 11 is 12.1. The number of hydrogen-bond acceptors (Lipinski definition) is 2. The van der Waals surface area contributed by atoms with Crippen molar-refractivity contribution in [2.75, 3.05) is 0 Å². The zero-order chi connectivity index (χ0) is 16.4. The summed E-state index contributed by atoms with van der Waals surface area (Å²) in [6, 6.07) is 5.02. The summed E-state index contributed by atoms with van der Waals surface area (Å²) in [5, 5.41) is 4.56. The quantitative estimate of drug-likeness (QED) is 0.756. The Morgan fingerprint density at radius 3 is 2.70 bits per heavy atom. The zero-order valence-electron chi connectivity index (χ0n) is 12.4. The van der Waals surface area contributed by atoms with Gasteiger partial charge < -0.3 is 15.0 Å². The van der Waals surface area contributed by atoms with Crippen LogP contribution in [0.3, 0.4) is 0 Å². The Morgan fingerprint density at radius 2 is 2.00 bits per heavy atom. The first-order chi connectivity index (χ1) is 11.0. The Bertz CT molecular complexity index is 786. The Balaban J connectivity index is 1.75. The summed E-state index contributed by atoms with van der Waals surface area (Å²) in [6.07, 6.45) is 9.74. The molecule has 1 aliphatic carbocycles. The molecule has 120 valence electrons. The second-order valence-corrected chi connectivity index (χ2v) is 6.63. The molecule has 0 radical (unpaired) electrons. The highest BCUT2D eigenvalue weighted by Crippen LogP contribution is 2.31. The minimum Gasteiger partial charge on any atom is -0.393 e. The lowest BCUT2D eigenvalue weighted by Crippen LogP contribution is -2.49. The Kier molecular flexibility index (Phi) is 4.43. The molecule has 2 aromatic rings. The molecule has 1 heterocycles. The highest BCUT2D eigenvalue weighted by Gasteiger charge is 2.32. The fraction of sp³-hybridized carbons (Fsp3) is 0.353. The second kappa shape index (κ2) is 6.35. The largest absolute Gasteiger partial charge is 0.415 e. The molecule has 1 aromatic carbocycles. The molecule has 6 heteroatoms. The molecule has 2 N–H and O–H groups in total. The summed E-state index contributed by atoms with van der Waals surface area (Å²) in [7, 11) is 0. The molecule has 1 aromatic heterocycles. The van der Waals surface area contributed by atoms with E-state index in [2.05, 4.69) is 16.2 Å². The van der Waals surface area contributed by atoms with Crippen molar-refractivity contribution in [3.63, 3.8) is 0 Å². The van der Waals surface area contributed by atoms with Gasteiger partial charge in [0.15, 0.2) is 0 Å². The van der Waals surface area contributed by atoms with E-state index in [0.717, 1.165) is 37.5 Å². The number of rotatable bonds is 2. The first kappa shape index (κ1) is 16.0. The van der Waals surface area contributed by atoms with Crippen LogP contribution in [0, 0.1) is 12.3 Å². The summed E-state index contributed by atoms with van der Waals surface area (Å²) in [5.41, 5.74) is 0.0945. The van der Waals surface area contributed by atoms with Crippen LogP contribution in [0.4, 0.5) is 4.79 Å². The van der Waals surface area contributed by atoms with Crippen LogP contribution in [0.1, 0.15) is 32.1 Å². The maximum absolute atomic E-state index is 12.2. The lowest BCUT2D eigenvalue weighted by atomic mass is 9.82. The van der Waals surface area contributed by atoms with Crippen LogP contribution in [-0.4, -0.2) is 16.6 Å². The third-order valence-corrected chi connectivity index (χ3v) is 4.69. The molecule has 1 saturated carbocycles. The Morgan fingerprint density at radius 1 is 1.26 bits per heavy atom. The first-order valence-electron chi connectivity index (χ1n) is 7.47. The number of nitrogens with one attached hydrogen (secondary N) is 2.